The van der Waals surface area contributed by atoms with Crippen molar-refractivity contribution in [2.24, 2.45) is 18.4 Å². The van der Waals surface area contributed by atoms with Crippen LogP contribution in [0.15, 0.2) is 53.1 Å². The van der Waals surface area contributed by atoms with E-state index < -0.39 is 0 Å². The van der Waals surface area contributed by atoms with Crippen molar-refractivity contribution >= 4 is 21.9 Å². The van der Waals surface area contributed by atoms with Gasteiger partial charge in [0.2, 0.25) is 5.69 Å². The van der Waals surface area contributed by atoms with Gasteiger partial charge in [-0.3, -0.25) is 4.90 Å². The fourth-order valence-electron chi connectivity index (χ4n) is 9.29. The van der Waals surface area contributed by atoms with Crippen LogP contribution >= 0.6 is 0 Å². The molecule has 7 rings (SSSR count). The molecular weight excluding hydrogens is 471 g/mol. The molecule has 198 valence electrons. The number of fused-ring (bicyclic) bond motifs is 6. The molecular formula is C34H40FN2O+. The zero-order chi connectivity index (χ0) is 26.6. The highest BCUT2D eigenvalue weighted by molar-refractivity contribution is 6.10. The molecule has 3 nitrogen and oxygen atoms in total. The highest BCUT2D eigenvalue weighted by Gasteiger charge is 2.60. The highest BCUT2D eigenvalue weighted by Crippen LogP contribution is 2.60. The molecule has 0 bridgehead atoms. The lowest BCUT2D eigenvalue weighted by Gasteiger charge is -2.52. The molecule has 4 aromatic rings. The molecule has 4 unspecified atom stereocenters. The van der Waals surface area contributed by atoms with Crippen molar-refractivity contribution < 1.29 is 13.4 Å². The fraction of sp³-hybridized carbons (Fsp3) is 0.500. The van der Waals surface area contributed by atoms with Crippen molar-refractivity contribution in [2.45, 2.75) is 90.3 Å². The quantitative estimate of drug-likeness (QED) is 0.254. The molecule has 38 heavy (non-hydrogen) atoms. The van der Waals surface area contributed by atoms with Crippen molar-refractivity contribution in [3.63, 3.8) is 0 Å². The smallest absolute Gasteiger partial charge is 0.216 e. The van der Waals surface area contributed by atoms with E-state index >= 15 is 4.39 Å². The first-order chi connectivity index (χ1) is 18.1. The SMILES string of the molecule is Cc1ccc2c(oc3c(C4CC5CCCC5N5C4C(C)(C)CC5(C)C)c(F)ccc32)c1-c1cccc[n+]1C. The minimum absolute atomic E-state index is 0.0991. The number of furan rings is 1. The summed E-state index contributed by atoms with van der Waals surface area (Å²) in [5.74, 6) is 0.638. The van der Waals surface area contributed by atoms with Gasteiger partial charge in [-0.1, -0.05) is 32.4 Å². The summed E-state index contributed by atoms with van der Waals surface area (Å²) in [6.45, 7) is 11.8. The predicted octanol–water partition coefficient (Wildman–Crippen LogP) is 8.06. The molecule has 4 heterocycles. The molecule has 3 aliphatic rings. The van der Waals surface area contributed by atoms with Crippen LogP contribution < -0.4 is 4.57 Å². The Hall–Kier alpha value is -2.72. The first kappa shape index (κ1) is 24.3. The normalized spacial score (nSPS) is 28.2. The van der Waals surface area contributed by atoms with E-state index in [1.807, 2.05) is 12.1 Å². The summed E-state index contributed by atoms with van der Waals surface area (Å²) in [4.78, 5) is 2.83. The summed E-state index contributed by atoms with van der Waals surface area (Å²) < 4.78 is 25.1. The molecule has 1 aliphatic carbocycles. The number of nitrogens with zero attached hydrogens (tertiary/aromatic N) is 2. The Labute approximate surface area is 225 Å². The second-order valence-corrected chi connectivity index (χ2v) is 13.7. The average Bonchev–Trinajstić information content (AvgIpc) is 3.51. The van der Waals surface area contributed by atoms with E-state index in [1.54, 1.807) is 6.07 Å². The van der Waals surface area contributed by atoms with Crippen molar-refractivity contribution in [3.05, 3.63) is 65.6 Å². The number of rotatable bonds is 2. The molecule has 4 heteroatoms. The van der Waals surface area contributed by atoms with Gasteiger partial charge in [-0.05, 0) is 81.5 Å². The maximum absolute atomic E-state index is 16.2. The lowest BCUT2D eigenvalue weighted by atomic mass is 9.68. The number of aromatic nitrogens is 1. The van der Waals surface area contributed by atoms with Crippen LogP contribution in [0.4, 0.5) is 4.39 Å². The van der Waals surface area contributed by atoms with Crippen molar-refractivity contribution in [1.29, 1.82) is 0 Å². The Kier molecular flexibility index (Phi) is 5.21. The number of pyridine rings is 1. The molecule has 0 radical (unpaired) electrons. The molecule has 2 aliphatic heterocycles. The van der Waals surface area contributed by atoms with Crippen LogP contribution in [0, 0.1) is 24.1 Å². The summed E-state index contributed by atoms with van der Waals surface area (Å²) in [5, 5.41) is 2.11. The largest absolute Gasteiger partial charge is 0.455 e. The van der Waals surface area contributed by atoms with E-state index in [0.29, 0.717) is 18.0 Å². The standard InChI is InChI=1S/C34H40FN2O/c1-20-13-14-22-23-15-16-25(35)29(31(23)38-30(22)28(20)27-11-7-8-17-36(27)6)24-18-21-10-9-12-26(21)37-32(24)33(2,3)19-34(37,4)5/h7-8,11,13-17,21,24,26,32H,9-10,12,18-19H2,1-6H3/q+1. The third-order valence-electron chi connectivity index (χ3n) is 10.3. The topological polar surface area (TPSA) is 20.3 Å². The van der Waals surface area contributed by atoms with Gasteiger partial charge in [0.25, 0.3) is 0 Å². The third kappa shape index (κ3) is 3.31. The van der Waals surface area contributed by atoms with Gasteiger partial charge in [-0.2, -0.15) is 0 Å². The van der Waals surface area contributed by atoms with Crippen LogP contribution in [0.3, 0.4) is 0 Å². The average molecular weight is 512 g/mol. The van der Waals surface area contributed by atoms with Crippen LogP contribution in [0.25, 0.3) is 33.2 Å². The molecule has 2 saturated heterocycles. The van der Waals surface area contributed by atoms with Crippen molar-refractivity contribution in [3.8, 4) is 11.3 Å². The summed E-state index contributed by atoms with van der Waals surface area (Å²) in [5.41, 5.74) is 6.01. The third-order valence-corrected chi connectivity index (χ3v) is 10.3. The van der Waals surface area contributed by atoms with E-state index in [0.717, 1.165) is 57.2 Å². The zero-order valence-corrected chi connectivity index (χ0v) is 23.6. The Morgan fingerprint density at radius 1 is 0.974 bits per heavy atom. The first-order valence-corrected chi connectivity index (χ1v) is 14.5. The lowest BCUT2D eigenvalue weighted by Crippen LogP contribution is -2.57. The predicted molar refractivity (Wildman–Crippen MR) is 152 cm³/mol. The van der Waals surface area contributed by atoms with Crippen molar-refractivity contribution in [2.75, 3.05) is 0 Å². The van der Waals surface area contributed by atoms with E-state index in [2.05, 4.69) is 81.6 Å². The van der Waals surface area contributed by atoms with E-state index in [1.165, 1.54) is 19.3 Å². The number of hydrogen-bond donors (Lipinski definition) is 0. The molecule has 3 fully saturated rings. The van der Waals surface area contributed by atoms with Gasteiger partial charge in [0, 0.05) is 52.0 Å². The summed E-state index contributed by atoms with van der Waals surface area (Å²) >= 11 is 0. The zero-order valence-electron chi connectivity index (χ0n) is 23.6. The number of hydrogen-bond acceptors (Lipinski definition) is 2. The molecule has 0 spiro atoms. The van der Waals surface area contributed by atoms with E-state index in [-0.39, 0.29) is 22.7 Å². The Balaban J connectivity index is 1.49. The van der Waals surface area contributed by atoms with Crippen LogP contribution in [0.5, 0.6) is 0 Å². The van der Waals surface area contributed by atoms with E-state index in [4.69, 9.17) is 4.42 Å². The van der Waals surface area contributed by atoms with Gasteiger partial charge in [-0.15, -0.1) is 0 Å². The molecule has 1 saturated carbocycles. The Bertz CT molecular complexity index is 1580. The van der Waals surface area contributed by atoms with Crippen LogP contribution in [-0.2, 0) is 7.05 Å². The molecule has 0 amide bonds. The number of aryl methyl sites for hydroxylation is 2. The van der Waals surface area contributed by atoms with Crippen molar-refractivity contribution in [1.82, 2.24) is 4.90 Å². The minimum Gasteiger partial charge on any atom is -0.455 e. The molecule has 4 atom stereocenters. The second-order valence-electron chi connectivity index (χ2n) is 13.7. The number of piperidine rings is 1. The maximum Gasteiger partial charge on any atom is 0.216 e. The molecule has 2 aromatic carbocycles. The monoisotopic (exact) mass is 511 g/mol. The fourth-order valence-corrected chi connectivity index (χ4v) is 9.29. The first-order valence-electron chi connectivity index (χ1n) is 14.5. The molecule has 0 N–H and O–H groups in total. The van der Waals surface area contributed by atoms with Gasteiger partial charge in [0.1, 0.15) is 24.0 Å². The van der Waals surface area contributed by atoms with Gasteiger partial charge >= 0.3 is 0 Å². The summed E-state index contributed by atoms with van der Waals surface area (Å²) in [6, 6.07) is 15.2. The Morgan fingerprint density at radius 2 is 1.74 bits per heavy atom. The maximum atomic E-state index is 16.2. The summed E-state index contributed by atoms with van der Waals surface area (Å²) in [6.07, 6.45) is 8.08. The van der Waals surface area contributed by atoms with Crippen LogP contribution in [-0.4, -0.2) is 22.5 Å². The highest BCUT2D eigenvalue weighted by atomic mass is 19.1. The second kappa shape index (κ2) is 8.14. The molecule has 2 aromatic heterocycles. The Morgan fingerprint density at radius 3 is 2.53 bits per heavy atom. The van der Waals surface area contributed by atoms with Gasteiger partial charge in [0.15, 0.2) is 6.20 Å². The van der Waals surface area contributed by atoms with Gasteiger partial charge < -0.3 is 4.42 Å². The number of benzene rings is 2. The minimum atomic E-state index is -0.109. The lowest BCUT2D eigenvalue weighted by molar-refractivity contribution is -0.660. The van der Waals surface area contributed by atoms with Crippen LogP contribution in [0.1, 0.15) is 76.8 Å². The van der Waals surface area contributed by atoms with E-state index in [9.17, 15) is 0 Å². The van der Waals surface area contributed by atoms with Gasteiger partial charge in [0.05, 0.1) is 5.56 Å². The number of halogens is 1. The van der Waals surface area contributed by atoms with Gasteiger partial charge in [-0.25, -0.2) is 8.96 Å². The van der Waals surface area contributed by atoms with Crippen LogP contribution in [0.2, 0.25) is 0 Å². The summed E-state index contributed by atoms with van der Waals surface area (Å²) in [7, 11) is 2.07.